The molecule has 0 bridgehead atoms. The Morgan fingerprint density at radius 3 is 2.48 bits per heavy atom. The third-order valence-corrected chi connectivity index (χ3v) is 5.57. The lowest BCUT2D eigenvalue weighted by Gasteiger charge is -2.47. The van der Waals surface area contributed by atoms with Gasteiger partial charge in [-0.1, -0.05) is 49.7 Å². The van der Waals surface area contributed by atoms with Crippen LogP contribution in [0.1, 0.15) is 40.4 Å². The predicted octanol–water partition coefficient (Wildman–Crippen LogP) is 3.52. The smallest absolute Gasteiger partial charge is 0.253 e. The van der Waals surface area contributed by atoms with Crippen molar-refractivity contribution in [1.82, 2.24) is 9.80 Å². The summed E-state index contributed by atoms with van der Waals surface area (Å²) in [5.74, 6) is 0.178. The Bertz CT molecular complexity index is 747. The second-order valence-corrected chi connectivity index (χ2v) is 7.30. The minimum atomic E-state index is 0.178. The van der Waals surface area contributed by atoms with E-state index in [1.807, 2.05) is 17.0 Å². The summed E-state index contributed by atoms with van der Waals surface area (Å²) in [7, 11) is 0. The summed E-state index contributed by atoms with van der Waals surface area (Å²) >= 11 is 0. The van der Waals surface area contributed by atoms with Crippen LogP contribution in [0.2, 0.25) is 0 Å². The van der Waals surface area contributed by atoms with E-state index in [1.54, 1.807) is 0 Å². The maximum absolute atomic E-state index is 12.6. The van der Waals surface area contributed by atoms with E-state index < -0.39 is 0 Å². The van der Waals surface area contributed by atoms with Gasteiger partial charge in [0, 0.05) is 37.8 Å². The lowest BCUT2D eigenvalue weighted by molar-refractivity contribution is 0.0218. The molecule has 0 aliphatic carbocycles. The first kappa shape index (κ1) is 16.3. The molecule has 0 unspecified atom stereocenters. The summed E-state index contributed by atoms with van der Waals surface area (Å²) < 4.78 is 0. The van der Waals surface area contributed by atoms with Crippen LogP contribution in [0.4, 0.5) is 0 Å². The molecule has 2 aliphatic heterocycles. The topological polar surface area (TPSA) is 23.6 Å². The van der Waals surface area contributed by atoms with Gasteiger partial charge in [-0.25, -0.2) is 0 Å². The zero-order valence-electron chi connectivity index (χ0n) is 14.9. The Balaban J connectivity index is 1.33. The largest absolute Gasteiger partial charge is 0.335 e. The Kier molecular flexibility index (Phi) is 4.58. The molecule has 25 heavy (non-hydrogen) atoms. The highest BCUT2D eigenvalue weighted by Crippen LogP contribution is 2.25. The van der Waals surface area contributed by atoms with E-state index in [9.17, 15) is 4.79 Å². The van der Waals surface area contributed by atoms with Gasteiger partial charge in [0.1, 0.15) is 0 Å². The molecule has 130 valence electrons. The van der Waals surface area contributed by atoms with Gasteiger partial charge in [-0.3, -0.25) is 9.69 Å². The predicted molar refractivity (Wildman–Crippen MR) is 101 cm³/mol. The molecule has 1 fully saturated rings. The summed E-state index contributed by atoms with van der Waals surface area (Å²) in [4.78, 5) is 17.2. The molecule has 0 spiro atoms. The van der Waals surface area contributed by atoms with Gasteiger partial charge in [0.15, 0.2) is 0 Å². The van der Waals surface area contributed by atoms with E-state index in [-0.39, 0.29) is 5.91 Å². The van der Waals surface area contributed by atoms with Gasteiger partial charge < -0.3 is 4.90 Å². The van der Waals surface area contributed by atoms with Crippen molar-refractivity contribution in [3.05, 3.63) is 70.8 Å². The van der Waals surface area contributed by atoms with Crippen LogP contribution in [0.3, 0.4) is 0 Å². The van der Waals surface area contributed by atoms with Crippen LogP contribution >= 0.6 is 0 Å². The normalized spacial score (nSPS) is 17.9. The quantitative estimate of drug-likeness (QED) is 0.854. The Morgan fingerprint density at radius 1 is 1.04 bits per heavy atom. The second-order valence-electron chi connectivity index (χ2n) is 7.30. The fourth-order valence-corrected chi connectivity index (χ4v) is 3.97. The van der Waals surface area contributed by atoms with E-state index in [4.69, 9.17) is 0 Å². The Labute approximate surface area is 150 Å². The van der Waals surface area contributed by atoms with Gasteiger partial charge in [0.25, 0.3) is 5.91 Å². The van der Waals surface area contributed by atoms with Crippen LogP contribution in [-0.2, 0) is 19.4 Å². The molecule has 3 heteroatoms. The average molecular weight is 334 g/mol. The van der Waals surface area contributed by atoms with Crippen molar-refractivity contribution in [3.8, 4) is 0 Å². The Morgan fingerprint density at radius 2 is 1.76 bits per heavy atom. The maximum Gasteiger partial charge on any atom is 0.253 e. The van der Waals surface area contributed by atoms with E-state index in [1.165, 1.54) is 16.7 Å². The van der Waals surface area contributed by atoms with Crippen LogP contribution in [-0.4, -0.2) is 41.4 Å². The number of carbonyl (C=O) groups excluding carboxylic acids is 1. The molecule has 1 amide bonds. The van der Waals surface area contributed by atoms with Gasteiger partial charge >= 0.3 is 0 Å². The van der Waals surface area contributed by atoms with Gasteiger partial charge in [0.05, 0.1) is 0 Å². The molecule has 0 radical (unpaired) electrons. The molecule has 1 saturated heterocycles. The van der Waals surface area contributed by atoms with E-state index in [0.717, 1.165) is 51.0 Å². The molecule has 2 aromatic rings. The number of carbonyl (C=O) groups is 1. The van der Waals surface area contributed by atoms with E-state index >= 15 is 0 Å². The molecule has 2 heterocycles. The van der Waals surface area contributed by atoms with Crippen molar-refractivity contribution in [2.45, 2.75) is 38.8 Å². The summed E-state index contributed by atoms with van der Waals surface area (Å²) in [6, 6.07) is 17.4. The number of hydrogen-bond donors (Lipinski definition) is 0. The number of fused-ring (bicyclic) bond motifs is 1. The van der Waals surface area contributed by atoms with Gasteiger partial charge in [-0.15, -0.1) is 0 Å². The van der Waals surface area contributed by atoms with Crippen LogP contribution < -0.4 is 0 Å². The molecule has 4 rings (SSSR count). The SMILES string of the molecule is CCCc1ccc(C(=O)N2CC(N3CCc4ccccc4C3)C2)cc1. The van der Waals surface area contributed by atoms with Crippen molar-refractivity contribution >= 4 is 5.91 Å². The molecule has 2 aliphatic rings. The third kappa shape index (κ3) is 3.34. The monoisotopic (exact) mass is 334 g/mol. The number of nitrogens with zero attached hydrogens (tertiary/aromatic N) is 2. The van der Waals surface area contributed by atoms with Crippen LogP contribution in [0, 0.1) is 0 Å². The summed E-state index contributed by atoms with van der Waals surface area (Å²) in [6.45, 7) is 6.03. The van der Waals surface area contributed by atoms with Gasteiger partial charge in [-0.2, -0.15) is 0 Å². The first-order valence-electron chi connectivity index (χ1n) is 9.43. The summed E-state index contributed by atoms with van der Waals surface area (Å²) in [6.07, 6.45) is 3.34. The molecule has 0 atom stereocenters. The highest BCUT2D eigenvalue weighted by Gasteiger charge is 2.36. The first-order chi connectivity index (χ1) is 12.2. The van der Waals surface area contributed by atoms with Gasteiger partial charge in [-0.05, 0) is 41.7 Å². The number of amides is 1. The number of aryl methyl sites for hydroxylation is 1. The zero-order chi connectivity index (χ0) is 17.2. The third-order valence-electron chi connectivity index (χ3n) is 5.57. The molecular weight excluding hydrogens is 308 g/mol. The van der Waals surface area contributed by atoms with Crippen molar-refractivity contribution in [3.63, 3.8) is 0 Å². The highest BCUT2D eigenvalue weighted by molar-refractivity contribution is 5.94. The fourth-order valence-electron chi connectivity index (χ4n) is 3.97. The molecule has 2 aromatic carbocycles. The molecule has 0 aromatic heterocycles. The lowest BCUT2D eigenvalue weighted by atomic mass is 9.96. The zero-order valence-corrected chi connectivity index (χ0v) is 14.9. The van der Waals surface area contributed by atoms with Crippen molar-refractivity contribution in [2.24, 2.45) is 0 Å². The number of likely N-dealkylation sites (tertiary alicyclic amines) is 1. The van der Waals surface area contributed by atoms with Crippen molar-refractivity contribution in [1.29, 1.82) is 0 Å². The minimum absolute atomic E-state index is 0.178. The van der Waals surface area contributed by atoms with E-state index in [0.29, 0.717) is 6.04 Å². The molecule has 0 N–H and O–H groups in total. The molecule has 3 nitrogen and oxygen atoms in total. The molecular formula is C22H26N2O. The van der Waals surface area contributed by atoms with Gasteiger partial charge in [0.2, 0.25) is 0 Å². The van der Waals surface area contributed by atoms with Crippen LogP contribution in [0.25, 0.3) is 0 Å². The van der Waals surface area contributed by atoms with Crippen molar-refractivity contribution in [2.75, 3.05) is 19.6 Å². The maximum atomic E-state index is 12.6. The second kappa shape index (κ2) is 7.01. The lowest BCUT2D eigenvalue weighted by Crippen LogP contribution is -2.61. The average Bonchev–Trinajstić information content (AvgIpc) is 2.61. The number of benzene rings is 2. The number of hydrogen-bond acceptors (Lipinski definition) is 2. The summed E-state index contributed by atoms with van der Waals surface area (Å²) in [5, 5.41) is 0. The standard InChI is InChI=1S/C22H26N2O/c1-2-5-17-8-10-19(11-9-17)22(25)24-15-21(16-24)23-13-12-18-6-3-4-7-20(18)14-23/h3-4,6-11,21H,2,5,12-16H2,1H3. The van der Waals surface area contributed by atoms with E-state index in [2.05, 4.69) is 48.2 Å². The number of rotatable bonds is 4. The van der Waals surface area contributed by atoms with Crippen molar-refractivity contribution < 1.29 is 4.79 Å². The Hall–Kier alpha value is -2.13. The first-order valence-corrected chi connectivity index (χ1v) is 9.43. The highest BCUT2D eigenvalue weighted by atomic mass is 16.2. The summed E-state index contributed by atoms with van der Waals surface area (Å²) in [5.41, 5.74) is 5.07. The molecule has 0 saturated carbocycles. The fraction of sp³-hybridized carbons (Fsp3) is 0.409. The van der Waals surface area contributed by atoms with Crippen LogP contribution in [0.15, 0.2) is 48.5 Å². The van der Waals surface area contributed by atoms with Crippen LogP contribution in [0.5, 0.6) is 0 Å². The minimum Gasteiger partial charge on any atom is -0.335 e.